The first kappa shape index (κ1) is 22.0. The van der Waals surface area contributed by atoms with Gasteiger partial charge in [-0.2, -0.15) is 0 Å². The number of benzene rings is 2. The Bertz CT molecular complexity index is 1030. The van der Waals surface area contributed by atoms with Crippen LogP contribution in [0.4, 0.5) is 5.69 Å². The molecule has 162 valence electrons. The summed E-state index contributed by atoms with van der Waals surface area (Å²) in [6, 6.07) is 11.2. The topological polar surface area (TPSA) is 113 Å². The summed E-state index contributed by atoms with van der Waals surface area (Å²) in [4.78, 5) is 39.5. The molecule has 0 spiro atoms. The van der Waals surface area contributed by atoms with Crippen LogP contribution in [0, 0.1) is 10.1 Å². The number of carbonyl (C=O) groups excluding carboxylic acids is 2. The third-order valence-corrected chi connectivity index (χ3v) is 5.11. The number of nitro benzene ring substituents is 1. The Morgan fingerprint density at radius 2 is 1.74 bits per heavy atom. The van der Waals surface area contributed by atoms with Crippen molar-refractivity contribution in [2.45, 2.75) is 6.04 Å². The largest absolute Gasteiger partial charge is 0.507 e. The molecule has 1 aliphatic heterocycles. The van der Waals surface area contributed by atoms with Crippen LogP contribution in [0.2, 0.25) is 0 Å². The van der Waals surface area contributed by atoms with E-state index in [2.05, 4.69) is 0 Å². The molecule has 0 saturated carbocycles. The first-order chi connectivity index (χ1) is 14.7. The number of ketones is 1. The average Bonchev–Trinajstić information content (AvgIpc) is 3.02. The van der Waals surface area contributed by atoms with Crippen LogP contribution in [-0.2, 0) is 9.59 Å². The molecule has 9 nitrogen and oxygen atoms in total. The Kier molecular flexibility index (Phi) is 6.36. The van der Waals surface area contributed by atoms with Gasteiger partial charge in [0.2, 0.25) is 0 Å². The van der Waals surface area contributed by atoms with E-state index in [-0.39, 0.29) is 23.6 Å². The fourth-order valence-corrected chi connectivity index (χ4v) is 3.45. The van der Waals surface area contributed by atoms with Crippen molar-refractivity contribution in [3.8, 4) is 5.75 Å². The Labute approximate surface area is 179 Å². The maximum absolute atomic E-state index is 12.9. The highest BCUT2D eigenvalue weighted by Gasteiger charge is 2.45. The summed E-state index contributed by atoms with van der Waals surface area (Å²) in [6.07, 6.45) is 0. The van der Waals surface area contributed by atoms with Crippen molar-refractivity contribution in [2.24, 2.45) is 0 Å². The van der Waals surface area contributed by atoms with Gasteiger partial charge in [0.1, 0.15) is 11.5 Å². The molecule has 0 aromatic heterocycles. The van der Waals surface area contributed by atoms with Crippen LogP contribution in [0.5, 0.6) is 5.75 Å². The number of non-ortho nitro benzene ring substituents is 1. The zero-order chi connectivity index (χ0) is 22.7. The average molecular weight is 425 g/mol. The number of carbonyl (C=O) groups is 2. The number of hydrogen-bond donors (Lipinski definition) is 1. The third kappa shape index (κ3) is 4.41. The van der Waals surface area contributed by atoms with E-state index in [1.807, 2.05) is 19.0 Å². The van der Waals surface area contributed by atoms with Crippen LogP contribution in [-0.4, -0.2) is 65.8 Å². The van der Waals surface area contributed by atoms with Gasteiger partial charge in [-0.15, -0.1) is 0 Å². The van der Waals surface area contributed by atoms with E-state index in [0.717, 1.165) is 0 Å². The van der Waals surface area contributed by atoms with Gasteiger partial charge in [-0.05, 0) is 56.1 Å². The molecule has 1 aliphatic rings. The zero-order valence-corrected chi connectivity index (χ0v) is 17.4. The van der Waals surface area contributed by atoms with Gasteiger partial charge in [-0.25, -0.2) is 0 Å². The number of nitro groups is 1. The van der Waals surface area contributed by atoms with E-state index in [9.17, 15) is 24.8 Å². The first-order valence-electron chi connectivity index (χ1n) is 9.56. The van der Waals surface area contributed by atoms with Crippen LogP contribution in [0.1, 0.15) is 17.2 Å². The number of hydrogen-bond acceptors (Lipinski definition) is 7. The highest BCUT2D eigenvalue weighted by Crippen LogP contribution is 2.39. The number of aliphatic hydroxyl groups excluding tert-OH is 1. The number of amides is 1. The van der Waals surface area contributed by atoms with Crippen molar-refractivity contribution >= 4 is 23.1 Å². The van der Waals surface area contributed by atoms with Crippen LogP contribution >= 0.6 is 0 Å². The van der Waals surface area contributed by atoms with E-state index in [1.54, 1.807) is 24.3 Å². The monoisotopic (exact) mass is 425 g/mol. The summed E-state index contributed by atoms with van der Waals surface area (Å²) >= 11 is 0. The molecule has 2 aromatic rings. The molecule has 0 aliphatic carbocycles. The summed E-state index contributed by atoms with van der Waals surface area (Å²) in [6.45, 7) is 0.748. The third-order valence-electron chi connectivity index (χ3n) is 5.11. The van der Waals surface area contributed by atoms with Gasteiger partial charge in [0, 0.05) is 30.8 Å². The number of nitrogens with zero attached hydrogens (tertiary/aromatic N) is 3. The van der Waals surface area contributed by atoms with E-state index in [4.69, 9.17) is 4.74 Å². The fraction of sp³-hybridized carbons (Fsp3) is 0.273. The predicted molar refractivity (Wildman–Crippen MR) is 114 cm³/mol. The second-order valence-corrected chi connectivity index (χ2v) is 7.37. The quantitative estimate of drug-likeness (QED) is 0.238. The van der Waals surface area contributed by atoms with Crippen LogP contribution < -0.4 is 4.74 Å². The molecule has 1 saturated heterocycles. The number of rotatable bonds is 7. The lowest BCUT2D eigenvalue weighted by Gasteiger charge is -2.26. The SMILES string of the molecule is COc1ccc(/C(O)=C2\C(=O)C(=O)N(CCN(C)C)C2c2ccc([N+](=O)[O-])cc2)cc1. The Morgan fingerprint density at radius 1 is 1.13 bits per heavy atom. The van der Waals surface area contributed by atoms with Gasteiger partial charge in [0.05, 0.1) is 23.6 Å². The van der Waals surface area contributed by atoms with Crippen molar-refractivity contribution in [1.29, 1.82) is 0 Å². The number of aliphatic hydroxyl groups is 1. The van der Waals surface area contributed by atoms with Crippen molar-refractivity contribution in [1.82, 2.24) is 9.80 Å². The van der Waals surface area contributed by atoms with E-state index in [1.165, 1.54) is 36.3 Å². The molecule has 1 heterocycles. The number of Topliss-reactive ketones (excluding diaryl/α,β-unsaturated/α-hetero) is 1. The van der Waals surface area contributed by atoms with Crippen molar-refractivity contribution < 1.29 is 24.4 Å². The lowest BCUT2D eigenvalue weighted by Crippen LogP contribution is -2.35. The highest BCUT2D eigenvalue weighted by molar-refractivity contribution is 6.46. The molecule has 9 heteroatoms. The van der Waals surface area contributed by atoms with E-state index < -0.39 is 22.7 Å². The van der Waals surface area contributed by atoms with Crippen LogP contribution in [0.25, 0.3) is 5.76 Å². The molecule has 2 aromatic carbocycles. The molecular formula is C22H23N3O6. The summed E-state index contributed by atoms with van der Waals surface area (Å²) in [5.41, 5.74) is 0.698. The molecule has 1 atom stereocenters. The minimum atomic E-state index is -0.858. The Morgan fingerprint density at radius 3 is 2.26 bits per heavy atom. The van der Waals surface area contributed by atoms with Gasteiger partial charge >= 0.3 is 0 Å². The standard InChI is InChI=1S/C22H23N3O6/c1-23(2)12-13-24-19(14-4-8-16(9-5-14)25(29)30)18(21(27)22(24)28)20(26)15-6-10-17(31-3)11-7-15/h4-11,19,26H,12-13H2,1-3H3/b20-18+. The van der Waals surface area contributed by atoms with Crippen LogP contribution in [0.15, 0.2) is 54.1 Å². The van der Waals surface area contributed by atoms with E-state index in [0.29, 0.717) is 23.4 Å². The molecule has 1 amide bonds. The van der Waals surface area contributed by atoms with Crippen molar-refractivity contribution in [3.05, 3.63) is 75.3 Å². The van der Waals surface area contributed by atoms with E-state index >= 15 is 0 Å². The molecule has 1 fully saturated rings. The van der Waals surface area contributed by atoms with Gasteiger partial charge < -0.3 is 19.6 Å². The number of methoxy groups -OCH3 is 1. The van der Waals surface area contributed by atoms with Gasteiger partial charge in [0.25, 0.3) is 17.4 Å². The second-order valence-electron chi connectivity index (χ2n) is 7.37. The zero-order valence-electron chi connectivity index (χ0n) is 17.4. The summed E-state index contributed by atoms with van der Waals surface area (Å²) in [5.74, 6) is -1.25. The maximum atomic E-state index is 12.9. The maximum Gasteiger partial charge on any atom is 0.295 e. The van der Waals surface area contributed by atoms with Gasteiger partial charge in [-0.3, -0.25) is 19.7 Å². The summed E-state index contributed by atoms with van der Waals surface area (Å²) in [7, 11) is 5.20. The van der Waals surface area contributed by atoms with Crippen molar-refractivity contribution in [2.75, 3.05) is 34.3 Å². The molecule has 0 radical (unpaired) electrons. The molecule has 31 heavy (non-hydrogen) atoms. The first-order valence-corrected chi connectivity index (χ1v) is 9.56. The normalized spacial score (nSPS) is 17.9. The lowest BCUT2D eigenvalue weighted by atomic mass is 9.95. The smallest absolute Gasteiger partial charge is 0.295 e. The fourth-order valence-electron chi connectivity index (χ4n) is 3.45. The van der Waals surface area contributed by atoms with Crippen LogP contribution in [0.3, 0.4) is 0 Å². The molecule has 3 rings (SSSR count). The van der Waals surface area contributed by atoms with Gasteiger partial charge in [0.15, 0.2) is 0 Å². The number of likely N-dealkylation sites (N-methyl/N-ethyl adjacent to an activating group) is 1. The second kappa shape index (κ2) is 8.97. The minimum absolute atomic E-state index is 0.0530. The predicted octanol–water partition coefficient (Wildman–Crippen LogP) is 2.59. The molecular weight excluding hydrogens is 402 g/mol. The highest BCUT2D eigenvalue weighted by atomic mass is 16.6. The molecule has 0 bridgehead atoms. The Hall–Kier alpha value is -3.72. The summed E-state index contributed by atoms with van der Waals surface area (Å²) < 4.78 is 5.12. The minimum Gasteiger partial charge on any atom is -0.507 e. The number of likely N-dealkylation sites (tertiary alicyclic amines) is 1. The van der Waals surface area contributed by atoms with Crippen molar-refractivity contribution in [3.63, 3.8) is 0 Å². The lowest BCUT2D eigenvalue weighted by molar-refractivity contribution is -0.384. The van der Waals surface area contributed by atoms with Gasteiger partial charge in [-0.1, -0.05) is 0 Å². The molecule has 1 N–H and O–H groups in total. The Balaban J connectivity index is 2.12. The number of ether oxygens (including phenoxy) is 1. The summed E-state index contributed by atoms with van der Waals surface area (Å²) in [5, 5.41) is 22.0. The molecule has 1 unspecified atom stereocenters.